The Morgan fingerprint density at radius 1 is 0.784 bits per heavy atom. The van der Waals surface area contributed by atoms with Crippen molar-refractivity contribution in [2.24, 2.45) is 44.6 Å². The van der Waals surface area contributed by atoms with E-state index < -0.39 is 47.9 Å². The summed E-state index contributed by atoms with van der Waals surface area (Å²) in [5.41, 5.74) is 26.9. The molecule has 0 aliphatic carbocycles. The van der Waals surface area contributed by atoms with Gasteiger partial charge in [-0.25, -0.2) is 4.79 Å². The fraction of sp³-hybridized carbons (Fsp3) is 0.714. The number of thiol groups is 1. The third kappa shape index (κ3) is 15.4. The number of guanidine groups is 2. The molecule has 0 saturated heterocycles. The molecule has 15 nitrogen and oxygen atoms in total. The standard InChI is InChI=1S/C21H42N10O5S/c1-11(2)9-14(30-16(32)12(22)5-3-7-27-20(23)24)17(33)31-15(10-37)18(34)29-13(19(35)36)6-4-8-28-21(25)26/h11-15,37H,3-10,22H2,1-2H3,(H,29,34)(H,30,32)(H,31,33)(H,35,36)(H4,23,24,27)(H4,25,26,28). The van der Waals surface area contributed by atoms with Gasteiger partial charge in [-0.2, -0.15) is 12.6 Å². The number of hydrogen-bond acceptors (Lipinski definition) is 8. The zero-order valence-corrected chi connectivity index (χ0v) is 22.2. The first-order chi connectivity index (χ1) is 17.3. The average Bonchev–Trinajstić information content (AvgIpc) is 2.80. The molecule has 0 aromatic rings. The van der Waals surface area contributed by atoms with E-state index in [1.165, 1.54) is 0 Å². The van der Waals surface area contributed by atoms with Crippen LogP contribution < -0.4 is 44.6 Å². The Morgan fingerprint density at radius 3 is 1.70 bits per heavy atom. The Kier molecular flexibility index (Phi) is 16.5. The molecule has 37 heavy (non-hydrogen) atoms. The molecule has 0 aliphatic heterocycles. The second-order valence-corrected chi connectivity index (χ2v) is 9.20. The van der Waals surface area contributed by atoms with Crippen LogP contribution in [0.3, 0.4) is 0 Å². The van der Waals surface area contributed by atoms with Gasteiger partial charge in [0.25, 0.3) is 0 Å². The van der Waals surface area contributed by atoms with E-state index in [1.807, 2.05) is 13.8 Å². The van der Waals surface area contributed by atoms with Gasteiger partial charge in [-0.3, -0.25) is 24.4 Å². The first-order valence-corrected chi connectivity index (χ1v) is 12.5. The van der Waals surface area contributed by atoms with Gasteiger partial charge in [-0.05, 0) is 38.0 Å². The number of nitrogens with one attached hydrogen (secondary N) is 3. The second-order valence-electron chi connectivity index (χ2n) is 8.84. The molecule has 0 aliphatic rings. The van der Waals surface area contributed by atoms with Gasteiger partial charge >= 0.3 is 5.97 Å². The molecule has 0 bridgehead atoms. The molecular formula is C21H42N10O5S. The lowest BCUT2D eigenvalue weighted by molar-refractivity contribution is -0.142. The van der Waals surface area contributed by atoms with E-state index in [-0.39, 0.29) is 43.0 Å². The van der Waals surface area contributed by atoms with E-state index in [4.69, 9.17) is 28.7 Å². The van der Waals surface area contributed by atoms with Crippen LogP contribution in [0.2, 0.25) is 0 Å². The second kappa shape index (κ2) is 18.0. The predicted molar refractivity (Wildman–Crippen MR) is 145 cm³/mol. The average molecular weight is 547 g/mol. The molecule has 0 rings (SSSR count). The third-order valence-electron chi connectivity index (χ3n) is 5.02. The van der Waals surface area contributed by atoms with Crippen LogP contribution in [0.15, 0.2) is 9.98 Å². The van der Waals surface area contributed by atoms with Gasteiger partial charge in [0.1, 0.15) is 18.1 Å². The topological polar surface area (TPSA) is 279 Å². The SMILES string of the molecule is CC(C)CC(NC(=O)C(N)CCCN=C(N)N)C(=O)NC(CS)C(=O)NC(CCCN=C(N)N)C(=O)O. The summed E-state index contributed by atoms with van der Waals surface area (Å²) in [6, 6.07) is -4.23. The molecular weight excluding hydrogens is 504 g/mol. The van der Waals surface area contributed by atoms with Gasteiger partial charge in [0.15, 0.2) is 11.9 Å². The minimum Gasteiger partial charge on any atom is -0.480 e. The van der Waals surface area contributed by atoms with Gasteiger partial charge in [-0.1, -0.05) is 13.8 Å². The molecule has 4 atom stereocenters. The van der Waals surface area contributed by atoms with Crippen LogP contribution in [0.1, 0.15) is 46.0 Å². The number of hydrogen-bond donors (Lipinski definition) is 10. The molecule has 4 unspecified atom stereocenters. The number of aliphatic imine (C=N–C) groups is 2. The van der Waals surface area contributed by atoms with Crippen LogP contribution in [-0.4, -0.2) is 83.7 Å². The van der Waals surface area contributed by atoms with Crippen molar-refractivity contribution in [1.29, 1.82) is 0 Å². The number of aliphatic carboxylic acids is 1. The van der Waals surface area contributed by atoms with Crippen LogP contribution in [-0.2, 0) is 19.2 Å². The molecule has 0 fully saturated rings. The summed E-state index contributed by atoms with van der Waals surface area (Å²) in [7, 11) is 0. The van der Waals surface area contributed by atoms with Crippen molar-refractivity contribution >= 4 is 48.2 Å². The number of carbonyl (C=O) groups is 4. The van der Waals surface area contributed by atoms with E-state index in [0.717, 1.165) is 0 Å². The summed E-state index contributed by atoms with van der Waals surface area (Å²) < 4.78 is 0. The largest absolute Gasteiger partial charge is 0.480 e. The molecule has 212 valence electrons. The van der Waals surface area contributed by atoms with Crippen LogP contribution in [0.25, 0.3) is 0 Å². The number of carboxylic acid groups (broad SMARTS) is 1. The van der Waals surface area contributed by atoms with Crippen molar-refractivity contribution in [3.05, 3.63) is 0 Å². The van der Waals surface area contributed by atoms with Gasteiger partial charge in [0, 0.05) is 18.8 Å². The fourth-order valence-corrected chi connectivity index (χ4v) is 3.39. The summed E-state index contributed by atoms with van der Waals surface area (Å²) in [5.74, 6) is -3.40. The summed E-state index contributed by atoms with van der Waals surface area (Å²) in [5, 5.41) is 17.0. The molecule has 0 aromatic heterocycles. The number of nitrogens with zero attached hydrogens (tertiary/aromatic N) is 2. The number of nitrogens with two attached hydrogens (primary N) is 5. The maximum atomic E-state index is 13.0. The first-order valence-electron chi connectivity index (χ1n) is 11.9. The van der Waals surface area contributed by atoms with E-state index in [1.54, 1.807) is 0 Å². The number of carbonyl (C=O) groups excluding carboxylic acids is 3. The Labute approximate surface area is 222 Å². The summed E-state index contributed by atoms with van der Waals surface area (Å²) in [6.07, 6.45) is 1.41. The first kappa shape index (κ1) is 33.7. The van der Waals surface area contributed by atoms with Gasteiger partial charge in [0.05, 0.1) is 6.04 Å². The number of carboxylic acids is 1. The van der Waals surface area contributed by atoms with Crippen LogP contribution in [0.5, 0.6) is 0 Å². The van der Waals surface area contributed by atoms with Crippen LogP contribution in [0.4, 0.5) is 0 Å². The highest BCUT2D eigenvalue weighted by Crippen LogP contribution is 2.08. The summed E-state index contributed by atoms with van der Waals surface area (Å²) in [6.45, 7) is 4.24. The van der Waals surface area contributed by atoms with Crippen molar-refractivity contribution in [2.45, 2.75) is 70.1 Å². The van der Waals surface area contributed by atoms with Gasteiger partial charge < -0.3 is 49.7 Å². The summed E-state index contributed by atoms with van der Waals surface area (Å²) in [4.78, 5) is 57.4. The quantitative estimate of drug-likeness (QED) is 0.0358. The van der Waals surface area contributed by atoms with Crippen molar-refractivity contribution in [2.75, 3.05) is 18.8 Å². The highest BCUT2D eigenvalue weighted by molar-refractivity contribution is 7.80. The zero-order chi connectivity index (χ0) is 28.5. The Balaban J connectivity index is 5.15. The fourth-order valence-electron chi connectivity index (χ4n) is 3.13. The van der Waals surface area contributed by atoms with E-state index in [0.29, 0.717) is 25.8 Å². The molecule has 14 N–H and O–H groups in total. The van der Waals surface area contributed by atoms with E-state index in [9.17, 15) is 24.3 Å². The van der Waals surface area contributed by atoms with Crippen LogP contribution >= 0.6 is 12.6 Å². The zero-order valence-electron chi connectivity index (χ0n) is 21.4. The lowest BCUT2D eigenvalue weighted by Gasteiger charge is -2.25. The third-order valence-corrected chi connectivity index (χ3v) is 5.39. The lowest BCUT2D eigenvalue weighted by atomic mass is 10.0. The molecule has 0 heterocycles. The molecule has 0 radical (unpaired) electrons. The maximum Gasteiger partial charge on any atom is 0.326 e. The Hall–Kier alpha value is -3.27. The smallest absolute Gasteiger partial charge is 0.326 e. The maximum absolute atomic E-state index is 13.0. The van der Waals surface area contributed by atoms with Crippen molar-refractivity contribution in [3.8, 4) is 0 Å². The van der Waals surface area contributed by atoms with Crippen LogP contribution in [0, 0.1) is 5.92 Å². The van der Waals surface area contributed by atoms with Crippen molar-refractivity contribution in [1.82, 2.24) is 16.0 Å². The van der Waals surface area contributed by atoms with E-state index in [2.05, 4.69) is 38.6 Å². The number of rotatable bonds is 18. The molecule has 3 amide bonds. The highest BCUT2D eigenvalue weighted by Gasteiger charge is 2.30. The Bertz CT molecular complexity index is 816. The minimum absolute atomic E-state index is 0.0269. The monoisotopic (exact) mass is 546 g/mol. The van der Waals surface area contributed by atoms with Crippen molar-refractivity contribution < 1.29 is 24.3 Å². The highest BCUT2D eigenvalue weighted by atomic mass is 32.1. The summed E-state index contributed by atoms with van der Waals surface area (Å²) >= 11 is 4.11. The predicted octanol–water partition coefficient (Wildman–Crippen LogP) is -3.06. The van der Waals surface area contributed by atoms with E-state index >= 15 is 0 Å². The normalized spacial score (nSPS) is 14.0. The van der Waals surface area contributed by atoms with Crippen molar-refractivity contribution in [3.63, 3.8) is 0 Å². The lowest BCUT2D eigenvalue weighted by Crippen LogP contribution is -2.57. The molecule has 0 saturated carbocycles. The van der Waals surface area contributed by atoms with Gasteiger partial charge in [0.2, 0.25) is 17.7 Å². The molecule has 16 heteroatoms. The van der Waals surface area contributed by atoms with Gasteiger partial charge in [-0.15, -0.1) is 0 Å². The number of amides is 3. The minimum atomic E-state index is -1.25. The molecule has 0 aromatic carbocycles. The molecule has 0 spiro atoms. The Morgan fingerprint density at radius 2 is 1.24 bits per heavy atom.